The highest BCUT2D eigenvalue weighted by Crippen LogP contribution is 2.45. The summed E-state index contributed by atoms with van der Waals surface area (Å²) in [6.45, 7) is 7.37. The molecule has 0 saturated carbocycles. The monoisotopic (exact) mass is 763 g/mol. The SMILES string of the molecule is CC1=C(C(=O)[O-])N2C(=O)[C@@H](CC(=O)/C(=N\OC(C)(C)C(=O)O)c3nsc(N)n3)[C@H]2SC1.CC[n+]1cc(CC(=O)CCCN=CCC(=O)O)c(N)n1C. The number of carbonyl (C=O) groups is 6. The summed E-state index contributed by atoms with van der Waals surface area (Å²) in [7, 11) is 1.87. The summed E-state index contributed by atoms with van der Waals surface area (Å²) in [6, 6.07) is 0. The van der Waals surface area contributed by atoms with Crippen LogP contribution in [0.15, 0.2) is 27.6 Å². The van der Waals surface area contributed by atoms with E-state index in [4.69, 9.17) is 21.4 Å². The number of oxime groups is 1. The molecule has 0 bridgehead atoms. The fourth-order valence-corrected chi connectivity index (χ4v) is 6.76. The van der Waals surface area contributed by atoms with Gasteiger partial charge >= 0.3 is 11.9 Å². The molecule has 0 spiro atoms. The van der Waals surface area contributed by atoms with Crippen LogP contribution in [-0.4, -0.2) is 99.7 Å². The van der Waals surface area contributed by atoms with Gasteiger partial charge in [0.25, 0.3) is 0 Å². The van der Waals surface area contributed by atoms with E-state index < -0.39 is 46.5 Å². The van der Waals surface area contributed by atoms with Gasteiger partial charge in [0.1, 0.15) is 5.78 Å². The van der Waals surface area contributed by atoms with E-state index in [9.17, 15) is 39.0 Å². The van der Waals surface area contributed by atoms with Gasteiger partial charge in [-0.2, -0.15) is 9.36 Å². The molecule has 2 aromatic heterocycles. The van der Waals surface area contributed by atoms with E-state index in [1.807, 2.05) is 29.5 Å². The number of carboxylic acids is 3. The first-order valence-electron chi connectivity index (χ1n) is 15.9. The molecular formula is C31H41N9O10S2. The van der Waals surface area contributed by atoms with E-state index in [0.29, 0.717) is 43.0 Å². The van der Waals surface area contributed by atoms with Crippen molar-refractivity contribution in [2.24, 2.45) is 23.1 Å². The molecule has 2 aliphatic heterocycles. The lowest BCUT2D eigenvalue weighted by atomic mass is 9.89. The number of nitrogen functional groups attached to an aromatic ring is 2. The van der Waals surface area contributed by atoms with Gasteiger partial charge in [0, 0.05) is 49.3 Å². The number of carbonyl (C=O) groups excluding carboxylic acids is 4. The normalized spacial score (nSPS) is 17.3. The molecule has 6 N–H and O–H groups in total. The number of thioether (sulfide) groups is 1. The molecule has 0 aliphatic carbocycles. The number of anilines is 2. The Morgan fingerprint density at radius 2 is 1.92 bits per heavy atom. The van der Waals surface area contributed by atoms with Crippen LogP contribution in [0.2, 0.25) is 0 Å². The number of fused-ring (bicyclic) bond motifs is 1. The third-order valence-corrected chi connectivity index (χ3v) is 9.91. The minimum atomic E-state index is -1.74. The second kappa shape index (κ2) is 17.8. The third-order valence-electron chi connectivity index (χ3n) is 7.88. The van der Waals surface area contributed by atoms with E-state index in [-0.39, 0.29) is 41.0 Å². The van der Waals surface area contributed by atoms with Gasteiger partial charge in [-0.25, -0.2) is 4.79 Å². The second-order valence-electron chi connectivity index (χ2n) is 12.2. The molecule has 0 radical (unpaired) electrons. The van der Waals surface area contributed by atoms with Crippen LogP contribution >= 0.6 is 23.3 Å². The van der Waals surface area contributed by atoms with Crippen molar-refractivity contribution in [3.05, 3.63) is 28.9 Å². The van der Waals surface area contributed by atoms with E-state index in [0.717, 1.165) is 28.5 Å². The van der Waals surface area contributed by atoms with Crippen LogP contribution in [0.1, 0.15) is 64.8 Å². The number of amides is 1. The lowest BCUT2D eigenvalue weighted by Crippen LogP contribution is -2.63. The van der Waals surface area contributed by atoms with E-state index >= 15 is 0 Å². The van der Waals surface area contributed by atoms with Gasteiger partial charge in [-0.3, -0.25) is 29.1 Å². The molecule has 0 aromatic carbocycles. The van der Waals surface area contributed by atoms with Crippen molar-refractivity contribution in [2.45, 2.75) is 77.3 Å². The lowest BCUT2D eigenvalue weighted by Gasteiger charge is -2.50. The number of ketones is 2. The number of carboxylic acid groups (broad SMARTS) is 3. The van der Waals surface area contributed by atoms with Crippen LogP contribution in [0.25, 0.3) is 0 Å². The lowest BCUT2D eigenvalue weighted by molar-refractivity contribution is -0.769. The molecule has 4 rings (SSSR count). The van der Waals surface area contributed by atoms with Gasteiger partial charge in [0.2, 0.25) is 23.5 Å². The Balaban J connectivity index is 0.000000304. The number of hydrogen-bond acceptors (Lipinski definition) is 16. The Morgan fingerprint density at radius 1 is 1.23 bits per heavy atom. The maximum Gasteiger partial charge on any atom is 0.350 e. The van der Waals surface area contributed by atoms with Gasteiger partial charge in [-0.1, -0.05) is 5.16 Å². The van der Waals surface area contributed by atoms with Crippen molar-refractivity contribution >= 4 is 81.6 Å². The molecule has 2 aromatic rings. The topological polar surface area (TPSA) is 290 Å². The van der Waals surface area contributed by atoms with E-state index in [1.54, 1.807) is 6.92 Å². The predicted octanol–water partition coefficient (Wildman–Crippen LogP) is -0.429. The number of nitrogens with zero attached hydrogens (tertiary/aromatic N) is 7. The average molecular weight is 764 g/mol. The minimum Gasteiger partial charge on any atom is -0.543 e. The van der Waals surface area contributed by atoms with Gasteiger partial charge in [-0.15, -0.1) is 21.1 Å². The molecule has 19 nitrogen and oxygen atoms in total. The highest BCUT2D eigenvalue weighted by atomic mass is 32.2. The van der Waals surface area contributed by atoms with Crippen molar-refractivity contribution in [1.29, 1.82) is 0 Å². The van der Waals surface area contributed by atoms with Gasteiger partial charge in [-0.05, 0) is 39.7 Å². The summed E-state index contributed by atoms with van der Waals surface area (Å²) in [6.07, 6.45) is 4.24. The maximum atomic E-state index is 12.9. The highest BCUT2D eigenvalue weighted by Gasteiger charge is 2.52. The van der Waals surface area contributed by atoms with Gasteiger partial charge in [0.15, 0.2) is 29.0 Å². The van der Waals surface area contributed by atoms with Crippen molar-refractivity contribution < 1.29 is 53.6 Å². The number of rotatable bonds is 17. The fraction of sp³-hybridized carbons (Fsp3) is 0.516. The third kappa shape index (κ3) is 10.2. The first-order chi connectivity index (χ1) is 24.4. The standard InChI is InChI=1S/C17H19N5O7S2.C14H22N4O3/c1-6-5-30-13-7(12(24)22(13)10(6)14(25)26)4-8(23)9(11-19-16(18)31-21-11)20-29-17(2,3)15(27)28;1-3-18-10-11(14(15)17(18)2)9-12(19)5-4-7-16-8-6-13(20)21/h7,13H,4-5H2,1-3H3,(H,25,26)(H,27,28)(H2,18,19,21);8,10,15H,3-7,9H2,1-2H3,(H,20,21)/b20-9+;/t7-,13-;/m1./s1. The Labute approximate surface area is 306 Å². The van der Waals surface area contributed by atoms with Crippen molar-refractivity contribution in [3.63, 3.8) is 0 Å². The zero-order valence-corrected chi connectivity index (χ0v) is 30.9. The van der Waals surface area contributed by atoms with E-state index in [2.05, 4.69) is 19.5 Å². The number of Topliss-reactive ketones (excluding diaryl/α,β-unsaturated/α-hetero) is 2. The highest BCUT2D eigenvalue weighted by molar-refractivity contribution is 8.00. The number of β-lactam (4-membered cyclic amide) rings is 1. The van der Waals surface area contributed by atoms with Crippen molar-refractivity contribution in [3.8, 4) is 0 Å². The average Bonchev–Trinajstić information content (AvgIpc) is 3.62. The fourth-order valence-electron chi connectivity index (χ4n) is 4.96. The maximum absolute atomic E-state index is 12.9. The summed E-state index contributed by atoms with van der Waals surface area (Å²) in [5, 5.41) is 32.2. The smallest absolute Gasteiger partial charge is 0.350 e. The van der Waals surface area contributed by atoms with Crippen LogP contribution in [0.3, 0.4) is 0 Å². The first-order valence-corrected chi connectivity index (χ1v) is 17.7. The zero-order chi connectivity index (χ0) is 38.9. The van der Waals surface area contributed by atoms with Crippen LogP contribution in [-0.2, 0) is 53.6 Å². The van der Waals surface area contributed by atoms with Gasteiger partial charge in [0.05, 0.1) is 42.0 Å². The van der Waals surface area contributed by atoms with Crippen LogP contribution in [0, 0.1) is 5.92 Å². The summed E-state index contributed by atoms with van der Waals surface area (Å²) in [5.74, 6) is -4.70. The molecule has 21 heteroatoms. The second-order valence-corrected chi connectivity index (χ2v) is 14.1. The van der Waals surface area contributed by atoms with Crippen LogP contribution in [0.5, 0.6) is 0 Å². The van der Waals surface area contributed by atoms with Crippen molar-refractivity contribution in [2.75, 3.05) is 23.8 Å². The van der Waals surface area contributed by atoms with E-state index in [1.165, 1.54) is 31.8 Å². The largest absolute Gasteiger partial charge is 0.543 e. The predicted molar refractivity (Wildman–Crippen MR) is 187 cm³/mol. The Bertz CT molecular complexity index is 1810. The molecule has 282 valence electrons. The molecular weight excluding hydrogens is 723 g/mol. The molecule has 52 heavy (non-hydrogen) atoms. The number of aryl methyl sites for hydroxylation is 1. The number of aliphatic imine (C=N–C) groups is 1. The summed E-state index contributed by atoms with van der Waals surface area (Å²) < 4.78 is 7.70. The van der Waals surface area contributed by atoms with Crippen LogP contribution < -0.4 is 21.3 Å². The molecule has 2 aliphatic rings. The minimum absolute atomic E-state index is 0.0564. The Morgan fingerprint density at radius 3 is 2.48 bits per heavy atom. The van der Waals surface area contributed by atoms with Gasteiger partial charge < -0.3 is 36.4 Å². The van der Waals surface area contributed by atoms with Crippen molar-refractivity contribution in [1.82, 2.24) is 18.9 Å². The Hall–Kier alpha value is -5.18. The number of nitrogens with two attached hydrogens (primary N) is 2. The molecule has 4 heterocycles. The summed E-state index contributed by atoms with van der Waals surface area (Å²) >= 11 is 2.14. The first kappa shape index (κ1) is 41.2. The number of aromatic nitrogens is 4. The zero-order valence-electron chi connectivity index (χ0n) is 29.2. The summed E-state index contributed by atoms with van der Waals surface area (Å²) in [4.78, 5) is 84.4. The molecule has 1 saturated heterocycles. The molecule has 1 amide bonds. The van der Waals surface area contributed by atoms with Crippen LogP contribution in [0.4, 0.5) is 10.9 Å². The number of aliphatic carboxylic acids is 3. The Kier molecular flexibility index (Phi) is 14.2. The number of hydrogen-bond donors (Lipinski definition) is 4. The summed E-state index contributed by atoms with van der Waals surface area (Å²) in [5.41, 5.74) is 10.6. The molecule has 0 unspecified atom stereocenters. The molecule has 1 fully saturated rings. The quantitative estimate of drug-likeness (QED) is 0.0523. The molecule has 2 atom stereocenters.